The first-order chi connectivity index (χ1) is 6.22. The molecule has 0 aromatic carbocycles. The Balaban J connectivity index is 2.10. The van der Waals surface area contributed by atoms with Crippen molar-refractivity contribution < 1.29 is 0 Å². The number of nitrogens with zero attached hydrogens (tertiary/aromatic N) is 3. The van der Waals surface area contributed by atoms with Crippen LogP contribution in [0.4, 0.5) is 5.82 Å². The summed E-state index contributed by atoms with van der Waals surface area (Å²) in [6.45, 7) is 2.15. The van der Waals surface area contributed by atoms with Gasteiger partial charge in [0, 0.05) is 5.54 Å². The minimum Gasteiger partial charge on any atom is -0.363 e. The van der Waals surface area contributed by atoms with Crippen molar-refractivity contribution in [2.45, 2.75) is 25.3 Å². The molecule has 1 aliphatic carbocycles. The number of aromatic nitrogens is 2. The van der Waals surface area contributed by atoms with Crippen LogP contribution in [0.5, 0.6) is 0 Å². The zero-order valence-electron chi connectivity index (χ0n) is 7.41. The predicted molar refractivity (Wildman–Crippen MR) is 48.0 cm³/mol. The Kier molecular flexibility index (Phi) is 1.66. The first kappa shape index (κ1) is 7.99. The van der Waals surface area contributed by atoms with E-state index in [1.807, 2.05) is 6.07 Å². The fraction of sp³-hybridized carbons (Fsp3) is 0.444. The number of nitriles is 1. The van der Waals surface area contributed by atoms with E-state index < -0.39 is 0 Å². The molecule has 0 amide bonds. The Hall–Kier alpha value is -1.63. The second kappa shape index (κ2) is 2.70. The van der Waals surface area contributed by atoms with Crippen LogP contribution >= 0.6 is 0 Å². The van der Waals surface area contributed by atoms with Crippen LogP contribution in [0.25, 0.3) is 0 Å². The molecular formula is C9H10N4. The molecule has 0 unspecified atom stereocenters. The van der Waals surface area contributed by atoms with Crippen LogP contribution < -0.4 is 5.32 Å². The molecule has 1 aromatic heterocycles. The Bertz CT molecular complexity index is 345. The fourth-order valence-electron chi connectivity index (χ4n) is 1.08. The molecule has 1 saturated carbocycles. The van der Waals surface area contributed by atoms with E-state index in [2.05, 4.69) is 22.4 Å². The van der Waals surface area contributed by atoms with Gasteiger partial charge in [-0.3, -0.25) is 0 Å². The molecule has 0 bridgehead atoms. The van der Waals surface area contributed by atoms with E-state index in [1.165, 1.54) is 12.8 Å². The SMILES string of the molecule is CC1(Nc2ccc(C#N)nn2)CC1. The van der Waals surface area contributed by atoms with Gasteiger partial charge in [-0.25, -0.2) is 0 Å². The third-order valence-corrected chi connectivity index (χ3v) is 2.21. The third kappa shape index (κ3) is 1.75. The van der Waals surface area contributed by atoms with Crippen molar-refractivity contribution in [3.05, 3.63) is 17.8 Å². The van der Waals surface area contributed by atoms with Crippen molar-refractivity contribution in [1.82, 2.24) is 10.2 Å². The van der Waals surface area contributed by atoms with Gasteiger partial charge in [-0.15, -0.1) is 10.2 Å². The molecule has 4 nitrogen and oxygen atoms in total. The molecule has 0 radical (unpaired) electrons. The van der Waals surface area contributed by atoms with Crippen molar-refractivity contribution >= 4 is 5.82 Å². The van der Waals surface area contributed by atoms with E-state index in [1.54, 1.807) is 12.1 Å². The van der Waals surface area contributed by atoms with Crippen LogP contribution in [0.1, 0.15) is 25.5 Å². The highest BCUT2D eigenvalue weighted by molar-refractivity contribution is 5.40. The van der Waals surface area contributed by atoms with Crippen LogP contribution in [0.15, 0.2) is 12.1 Å². The van der Waals surface area contributed by atoms with Gasteiger partial charge in [0.25, 0.3) is 0 Å². The molecule has 0 spiro atoms. The fourth-order valence-corrected chi connectivity index (χ4v) is 1.08. The van der Waals surface area contributed by atoms with Gasteiger partial charge in [0.2, 0.25) is 0 Å². The molecule has 0 aliphatic heterocycles. The average molecular weight is 174 g/mol. The maximum atomic E-state index is 8.50. The molecule has 1 aromatic rings. The van der Waals surface area contributed by atoms with E-state index in [-0.39, 0.29) is 5.54 Å². The number of nitrogens with one attached hydrogen (secondary N) is 1. The maximum absolute atomic E-state index is 8.50. The smallest absolute Gasteiger partial charge is 0.163 e. The Morgan fingerprint density at radius 3 is 2.69 bits per heavy atom. The second-order valence-electron chi connectivity index (χ2n) is 3.60. The molecule has 2 rings (SSSR count). The minimum atomic E-state index is 0.211. The molecule has 1 fully saturated rings. The Labute approximate surface area is 76.6 Å². The van der Waals surface area contributed by atoms with Crippen LogP contribution in [0, 0.1) is 11.3 Å². The molecular weight excluding hydrogens is 164 g/mol. The topological polar surface area (TPSA) is 61.6 Å². The van der Waals surface area contributed by atoms with E-state index >= 15 is 0 Å². The number of hydrogen-bond acceptors (Lipinski definition) is 4. The van der Waals surface area contributed by atoms with Gasteiger partial charge in [0.1, 0.15) is 11.9 Å². The lowest BCUT2D eigenvalue weighted by molar-refractivity contribution is 0.810. The summed E-state index contributed by atoms with van der Waals surface area (Å²) in [5, 5.41) is 19.4. The summed E-state index contributed by atoms with van der Waals surface area (Å²) in [5.74, 6) is 0.749. The van der Waals surface area contributed by atoms with Gasteiger partial charge in [-0.05, 0) is 31.9 Å². The van der Waals surface area contributed by atoms with E-state index in [0.717, 1.165) is 5.82 Å². The number of rotatable bonds is 2. The van der Waals surface area contributed by atoms with Crippen molar-refractivity contribution in [3.8, 4) is 6.07 Å². The summed E-state index contributed by atoms with van der Waals surface area (Å²) in [6.07, 6.45) is 2.35. The zero-order chi connectivity index (χ0) is 9.31. The monoisotopic (exact) mass is 174 g/mol. The summed E-state index contributed by atoms with van der Waals surface area (Å²) in [4.78, 5) is 0. The predicted octanol–water partition coefficient (Wildman–Crippen LogP) is 1.31. The third-order valence-electron chi connectivity index (χ3n) is 2.21. The van der Waals surface area contributed by atoms with Gasteiger partial charge in [0.15, 0.2) is 5.69 Å². The molecule has 0 atom stereocenters. The zero-order valence-corrected chi connectivity index (χ0v) is 7.41. The normalized spacial score (nSPS) is 17.5. The van der Waals surface area contributed by atoms with E-state index in [0.29, 0.717) is 5.69 Å². The summed E-state index contributed by atoms with van der Waals surface area (Å²) in [7, 11) is 0. The molecule has 66 valence electrons. The molecule has 1 N–H and O–H groups in total. The molecule has 13 heavy (non-hydrogen) atoms. The highest BCUT2D eigenvalue weighted by atomic mass is 15.2. The van der Waals surface area contributed by atoms with E-state index in [9.17, 15) is 0 Å². The standard InChI is InChI=1S/C9H10N4/c1-9(4-5-9)11-8-3-2-7(6-10)12-13-8/h2-3H,4-5H2,1H3,(H,11,13). The molecule has 0 saturated heterocycles. The van der Waals surface area contributed by atoms with E-state index in [4.69, 9.17) is 5.26 Å². The van der Waals surface area contributed by atoms with Crippen LogP contribution in [0.2, 0.25) is 0 Å². The van der Waals surface area contributed by atoms with Crippen molar-refractivity contribution in [2.75, 3.05) is 5.32 Å². The van der Waals surface area contributed by atoms with Crippen LogP contribution in [-0.2, 0) is 0 Å². The van der Waals surface area contributed by atoms with Crippen LogP contribution in [0.3, 0.4) is 0 Å². The highest BCUT2D eigenvalue weighted by Crippen LogP contribution is 2.37. The molecule has 1 aliphatic rings. The lowest BCUT2D eigenvalue weighted by Crippen LogP contribution is -2.17. The Morgan fingerprint density at radius 1 is 1.46 bits per heavy atom. The number of anilines is 1. The van der Waals surface area contributed by atoms with Gasteiger partial charge in [-0.2, -0.15) is 5.26 Å². The first-order valence-corrected chi connectivity index (χ1v) is 4.24. The van der Waals surface area contributed by atoms with Gasteiger partial charge in [0.05, 0.1) is 0 Å². The largest absolute Gasteiger partial charge is 0.363 e. The second-order valence-corrected chi connectivity index (χ2v) is 3.60. The van der Waals surface area contributed by atoms with Gasteiger partial charge < -0.3 is 5.32 Å². The highest BCUT2D eigenvalue weighted by Gasteiger charge is 2.37. The summed E-state index contributed by atoms with van der Waals surface area (Å²) >= 11 is 0. The lowest BCUT2D eigenvalue weighted by atomic mass is 10.3. The van der Waals surface area contributed by atoms with Crippen molar-refractivity contribution in [2.24, 2.45) is 0 Å². The van der Waals surface area contributed by atoms with Crippen molar-refractivity contribution in [1.29, 1.82) is 5.26 Å². The average Bonchev–Trinajstić information content (AvgIpc) is 2.85. The minimum absolute atomic E-state index is 0.211. The number of hydrogen-bond donors (Lipinski definition) is 1. The summed E-state index contributed by atoms with van der Waals surface area (Å²) < 4.78 is 0. The quantitative estimate of drug-likeness (QED) is 0.734. The molecule has 1 heterocycles. The molecule has 4 heteroatoms. The van der Waals surface area contributed by atoms with Gasteiger partial charge in [-0.1, -0.05) is 0 Å². The maximum Gasteiger partial charge on any atom is 0.163 e. The summed E-state index contributed by atoms with van der Waals surface area (Å²) in [5.41, 5.74) is 0.564. The lowest BCUT2D eigenvalue weighted by Gasteiger charge is -2.10. The summed E-state index contributed by atoms with van der Waals surface area (Å²) in [6, 6.07) is 5.39. The van der Waals surface area contributed by atoms with Crippen LogP contribution in [-0.4, -0.2) is 15.7 Å². The Morgan fingerprint density at radius 2 is 2.23 bits per heavy atom. The van der Waals surface area contributed by atoms with Crippen molar-refractivity contribution in [3.63, 3.8) is 0 Å². The van der Waals surface area contributed by atoms with Gasteiger partial charge >= 0.3 is 0 Å². The first-order valence-electron chi connectivity index (χ1n) is 4.24.